The molecular weight excluding hydrogens is 310 g/mol. The highest BCUT2D eigenvalue weighted by atomic mass is 79.9. The van der Waals surface area contributed by atoms with Crippen molar-refractivity contribution in [3.8, 4) is 0 Å². The maximum Gasteiger partial charge on any atom is 0.250 e. The van der Waals surface area contributed by atoms with E-state index in [0.717, 1.165) is 23.9 Å². The highest BCUT2D eigenvalue weighted by Crippen LogP contribution is 2.17. The van der Waals surface area contributed by atoms with Gasteiger partial charge in [-0.15, -0.1) is 0 Å². The number of aromatic nitrogens is 1. The molecule has 1 aromatic rings. The van der Waals surface area contributed by atoms with Crippen LogP contribution in [0.4, 0.5) is 0 Å². The van der Waals surface area contributed by atoms with Crippen LogP contribution in [0.2, 0.25) is 0 Å². The molecule has 6 heteroatoms. The highest BCUT2D eigenvalue weighted by Gasteiger charge is 2.26. The summed E-state index contributed by atoms with van der Waals surface area (Å²) in [6, 6.07) is 3.37. The molecule has 5 nitrogen and oxygen atoms in total. The monoisotopic (exact) mass is 327 g/mol. The average molecular weight is 328 g/mol. The lowest BCUT2D eigenvalue weighted by atomic mass is 10.2. The lowest BCUT2D eigenvalue weighted by Gasteiger charge is -2.23. The third kappa shape index (κ3) is 3.45. The molecule has 1 atom stereocenters. The van der Waals surface area contributed by atoms with Crippen LogP contribution in [0.1, 0.15) is 19.3 Å². The number of nitrogens with two attached hydrogens (primary N) is 1. The number of likely N-dealkylation sites (tertiary alicyclic amines) is 1. The van der Waals surface area contributed by atoms with Gasteiger partial charge < -0.3 is 15.2 Å². The first kappa shape index (κ1) is 14.3. The van der Waals surface area contributed by atoms with Crippen LogP contribution >= 0.6 is 15.9 Å². The first-order valence-electron chi connectivity index (χ1n) is 6.47. The van der Waals surface area contributed by atoms with E-state index in [1.54, 1.807) is 16.8 Å². The molecule has 0 spiro atoms. The Labute approximate surface area is 120 Å². The molecule has 19 heavy (non-hydrogen) atoms. The normalized spacial score (nSPS) is 18.8. The Kier molecular flexibility index (Phi) is 4.76. The minimum atomic E-state index is -0.0900. The number of carbonyl (C=O) groups is 1. The second-order valence-electron chi connectivity index (χ2n) is 4.75. The lowest BCUT2D eigenvalue weighted by molar-refractivity contribution is -0.132. The van der Waals surface area contributed by atoms with Crippen LogP contribution in [-0.2, 0) is 11.3 Å². The van der Waals surface area contributed by atoms with Gasteiger partial charge in [-0.1, -0.05) is 0 Å². The third-order valence-corrected chi connectivity index (χ3v) is 3.95. The van der Waals surface area contributed by atoms with Gasteiger partial charge in [0, 0.05) is 48.8 Å². The van der Waals surface area contributed by atoms with Crippen LogP contribution in [0.25, 0.3) is 0 Å². The Morgan fingerprint density at radius 2 is 2.26 bits per heavy atom. The van der Waals surface area contributed by atoms with E-state index in [1.165, 1.54) is 6.07 Å². The summed E-state index contributed by atoms with van der Waals surface area (Å²) in [6.07, 6.45) is 4.05. The summed E-state index contributed by atoms with van der Waals surface area (Å²) in [6.45, 7) is 1.71. The lowest BCUT2D eigenvalue weighted by Crippen LogP contribution is -2.40. The number of hydrogen-bond acceptors (Lipinski definition) is 3. The molecule has 0 aromatic carbocycles. The van der Waals surface area contributed by atoms with E-state index in [0.29, 0.717) is 19.5 Å². The van der Waals surface area contributed by atoms with Gasteiger partial charge in [0.2, 0.25) is 5.91 Å². The van der Waals surface area contributed by atoms with Gasteiger partial charge in [-0.05, 0) is 34.8 Å². The predicted molar refractivity (Wildman–Crippen MR) is 76.8 cm³/mol. The van der Waals surface area contributed by atoms with Crippen molar-refractivity contribution in [2.75, 3.05) is 13.1 Å². The highest BCUT2D eigenvalue weighted by molar-refractivity contribution is 9.10. The molecule has 2 heterocycles. The standard InChI is InChI=1S/C13H18BrN3O2/c14-10-3-4-12(18)16(9-10)7-5-13(19)17-6-1-2-11(17)8-15/h3-4,9,11H,1-2,5-8,15H2/t11-/m0/s1. The zero-order valence-electron chi connectivity index (χ0n) is 10.7. The molecule has 1 fully saturated rings. The molecule has 2 rings (SSSR count). The van der Waals surface area contributed by atoms with Crippen molar-refractivity contribution in [3.63, 3.8) is 0 Å². The summed E-state index contributed by atoms with van der Waals surface area (Å²) >= 11 is 3.32. The summed E-state index contributed by atoms with van der Waals surface area (Å²) < 4.78 is 2.38. The molecule has 1 saturated heterocycles. The van der Waals surface area contributed by atoms with Crippen molar-refractivity contribution >= 4 is 21.8 Å². The fourth-order valence-electron chi connectivity index (χ4n) is 2.45. The van der Waals surface area contributed by atoms with Gasteiger partial charge in [0.15, 0.2) is 0 Å². The maximum absolute atomic E-state index is 12.1. The summed E-state index contributed by atoms with van der Waals surface area (Å²) in [5.41, 5.74) is 5.57. The fraction of sp³-hybridized carbons (Fsp3) is 0.538. The van der Waals surface area contributed by atoms with Gasteiger partial charge in [0.05, 0.1) is 0 Å². The van der Waals surface area contributed by atoms with E-state index < -0.39 is 0 Å². The molecule has 1 aliphatic rings. The number of rotatable bonds is 4. The minimum Gasteiger partial charge on any atom is -0.338 e. The molecule has 0 unspecified atom stereocenters. The number of aryl methyl sites for hydroxylation is 1. The molecule has 0 bridgehead atoms. The van der Waals surface area contributed by atoms with E-state index >= 15 is 0 Å². The van der Waals surface area contributed by atoms with Gasteiger partial charge in [-0.2, -0.15) is 0 Å². The summed E-state index contributed by atoms with van der Waals surface area (Å²) in [4.78, 5) is 25.6. The minimum absolute atomic E-state index is 0.0832. The smallest absolute Gasteiger partial charge is 0.250 e. The van der Waals surface area contributed by atoms with E-state index in [9.17, 15) is 9.59 Å². The van der Waals surface area contributed by atoms with E-state index in [2.05, 4.69) is 15.9 Å². The van der Waals surface area contributed by atoms with Crippen LogP contribution in [-0.4, -0.2) is 34.5 Å². The number of carbonyl (C=O) groups excluding carboxylic acids is 1. The van der Waals surface area contributed by atoms with Gasteiger partial charge in [-0.25, -0.2) is 0 Å². The zero-order valence-corrected chi connectivity index (χ0v) is 12.3. The fourth-order valence-corrected chi connectivity index (χ4v) is 2.83. The molecule has 0 saturated carbocycles. The molecule has 0 radical (unpaired) electrons. The quantitative estimate of drug-likeness (QED) is 0.895. The molecule has 2 N–H and O–H groups in total. The second kappa shape index (κ2) is 6.34. The van der Waals surface area contributed by atoms with Crippen molar-refractivity contribution in [2.45, 2.75) is 31.8 Å². The Hall–Kier alpha value is -1.14. The average Bonchev–Trinajstić information content (AvgIpc) is 2.88. The van der Waals surface area contributed by atoms with Crippen molar-refractivity contribution in [1.82, 2.24) is 9.47 Å². The van der Waals surface area contributed by atoms with Gasteiger partial charge in [0.25, 0.3) is 5.56 Å². The number of amides is 1. The van der Waals surface area contributed by atoms with Gasteiger partial charge in [0.1, 0.15) is 0 Å². The Bertz CT molecular complexity index is 515. The largest absolute Gasteiger partial charge is 0.338 e. The molecular formula is C13H18BrN3O2. The summed E-state index contributed by atoms with van der Waals surface area (Å²) in [5, 5.41) is 0. The molecule has 1 amide bonds. The molecule has 1 aliphatic heterocycles. The van der Waals surface area contributed by atoms with Crippen LogP contribution in [0.3, 0.4) is 0 Å². The first-order valence-corrected chi connectivity index (χ1v) is 7.26. The van der Waals surface area contributed by atoms with Gasteiger partial charge in [-0.3, -0.25) is 9.59 Å². The predicted octanol–water partition coefficient (Wildman–Crippen LogP) is 0.951. The number of nitrogens with zero attached hydrogens (tertiary/aromatic N) is 2. The van der Waals surface area contributed by atoms with Crippen LogP contribution < -0.4 is 11.3 Å². The Morgan fingerprint density at radius 1 is 1.47 bits per heavy atom. The second-order valence-corrected chi connectivity index (χ2v) is 5.66. The number of hydrogen-bond donors (Lipinski definition) is 1. The first-order chi connectivity index (χ1) is 9.11. The van der Waals surface area contributed by atoms with E-state index in [4.69, 9.17) is 5.73 Å². The Morgan fingerprint density at radius 3 is 3.00 bits per heavy atom. The third-order valence-electron chi connectivity index (χ3n) is 3.48. The topological polar surface area (TPSA) is 68.3 Å². The van der Waals surface area contributed by atoms with Crippen LogP contribution in [0.15, 0.2) is 27.6 Å². The van der Waals surface area contributed by atoms with Crippen molar-refractivity contribution in [3.05, 3.63) is 33.2 Å². The van der Waals surface area contributed by atoms with Crippen molar-refractivity contribution < 1.29 is 4.79 Å². The number of halogens is 1. The van der Waals surface area contributed by atoms with Crippen molar-refractivity contribution in [2.24, 2.45) is 5.73 Å². The van der Waals surface area contributed by atoms with E-state index in [-0.39, 0.29) is 17.5 Å². The number of pyridine rings is 1. The van der Waals surface area contributed by atoms with Crippen molar-refractivity contribution in [1.29, 1.82) is 0 Å². The maximum atomic E-state index is 12.1. The van der Waals surface area contributed by atoms with Crippen LogP contribution in [0, 0.1) is 0 Å². The summed E-state index contributed by atoms with van der Waals surface area (Å²) in [7, 11) is 0. The molecule has 104 valence electrons. The molecule has 1 aromatic heterocycles. The van der Waals surface area contributed by atoms with E-state index in [1.807, 2.05) is 4.90 Å². The SMILES string of the molecule is NC[C@@H]1CCCN1C(=O)CCn1cc(Br)ccc1=O. The zero-order chi connectivity index (χ0) is 13.8. The van der Waals surface area contributed by atoms with Crippen LogP contribution in [0.5, 0.6) is 0 Å². The summed E-state index contributed by atoms with van der Waals surface area (Å²) in [5.74, 6) is 0.0832. The van der Waals surface area contributed by atoms with Gasteiger partial charge >= 0.3 is 0 Å². The molecule has 0 aliphatic carbocycles. The Balaban J connectivity index is 1.97.